The summed E-state index contributed by atoms with van der Waals surface area (Å²) in [6, 6.07) is 17.9. The van der Waals surface area contributed by atoms with Gasteiger partial charge in [-0.1, -0.05) is 53.7 Å². The maximum atomic E-state index is 13.6. The molecule has 0 bridgehead atoms. The van der Waals surface area contributed by atoms with Crippen LogP contribution in [0.5, 0.6) is 5.75 Å². The highest BCUT2D eigenvalue weighted by molar-refractivity contribution is 7.99. The molecule has 0 radical (unpaired) electrons. The van der Waals surface area contributed by atoms with E-state index in [0.717, 1.165) is 17.3 Å². The Morgan fingerprint density at radius 1 is 1.13 bits per heavy atom. The fourth-order valence-electron chi connectivity index (χ4n) is 4.12. The zero-order chi connectivity index (χ0) is 27.6. The lowest BCUT2D eigenvalue weighted by Gasteiger charge is -2.31. The van der Waals surface area contributed by atoms with Crippen LogP contribution in [0.25, 0.3) is 11.3 Å². The van der Waals surface area contributed by atoms with E-state index < -0.39 is 15.8 Å². The second-order valence-electron chi connectivity index (χ2n) is 8.54. The second-order valence-corrected chi connectivity index (χ2v) is 11.8. The summed E-state index contributed by atoms with van der Waals surface area (Å²) in [4.78, 5) is 21.1. The average molecular weight is 585 g/mol. The third kappa shape index (κ3) is 5.70. The van der Waals surface area contributed by atoms with Crippen LogP contribution in [0.4, 0.5) is 10.1 Å². The molecule has 1 N–H and O–H groups in total. The molecule has 0 spiro atoms. The molecule has 200 valence electrons. The van der Waals surface area contributed by atoms with Crippen LogP contribution in [-0.2, 0) is 27.9 Å². The number of thioether (sulfide) groups is 1. The molecule has 0 fully saturated rings. The first kappa shape index (κ1) is 26.9. The van der Waals surface area contributed by atoms with Crippen LogP contribution in [-0.4, -0.2) is 37.2 Å². The van der Waals surface area contributed by atoms with Gasteiger partial charge in [0, 0.05) is 22.7 Å². The lowest BCUT2D eigenvalue weighted by atomic mass is 10.1. The number of carbonyl (C=O) groups is 1. The molecule has 0 unspecified atom stereocenters. The van der Waals surface area contributed by atoms with E-state index in [1.807, 2.05) is 24.3 Å². The Hall–Kier alpha value is -3.67. The lowest BCUT2D eigenvalue weighted by molar-refractivity contribution is -0.118. The monoisotopic (exact) mass is 584 g/mol. The number of halogens is 2. The number of carbonyl (C=O) groups excluding carboxylic acids is 1. The van der Waals surface area contributed by atoms with Gasteiger partial charge in [0.1, 0.15) is 16.5 Å². The number of fused-ring (bicyclic) bond motifs is 3. The largest absolute Gasteiger partial charge is 0.496 e. The van der Waals surface area contributed by atoms with Crippen molar-refractivity contribution in [2.75, 3.05) is 17.2 Å². The van der Waals surface area contributed by atoms with Crippen LogP contribution in [0.1, 0.15) is 11.1 Å². The highest BCUT2D eigenvalue weighted by Crippen LogP contribution is 2.44. The molecule has 1 aliphatic heterocycles. The van der Waals surface area contributed by atoms with Gasteiger partial charge in [-0.15, -0.1) is 0 Å². The first-order valence-corrected chi connectivity index (χ1v) is 14.5. The number of nitrogens with zero attached hydrogens (tertiary/aromatic N) is 3. The van der Waals surface area contributed by atoms with E-state index in [1.165, 1.54) is 34.8 Å². The van der Waals surface area contributed by atoms with Gasteiger partial charge in [0.05, 0.1) is 37.0 Å². The van der Waals surface area contributed by atoms with Crippen LogP contribution in [0.2, 0.25) is 5.02 Å². The molecule has 12 heteroatoms. The van der Waals surface area contributed by atoms with Gasteiger partial charge in [-0.2, -0.15) is 0 Å². The van der Waals surface area contributed by atoms with E-state index >= 15 is 0 Å². The smallest absolute Gasteiger partial charge is 0.268 e. The number of aromatic nitrogens is 2. The molecule has 0 saturated carbocycles. The van der Waals surface area contributed by atoms with Crippen LogP contribution in [0.3, 0.4) is 0 Å². The Labute approximate surface area is 234 Å². The summed E-state index contributed by atoms with van der Waals surface area (Å²) in [6.45, 7) is 0.267. The first-order valence-electron chi connectivity index (χ1n) is 11.7. The maximum Gasteiger partial charge on any atom is 0.268 e. The van der Waals surface area contributed by atoms with Crippen molar-refractivity contribution in [3.63, 3.8) is 0 Å². The molecule has 1 amide bonds. The van der Waals surface area contributed by atoms with Crippen molar-refractivity contribution in [2.24, 2.45) is 0 Å². The number of amides is 1. The van der Waals surface area contributed by atoms with Gasteiger partial charge in [0.25, 0.3) is 10.0 Å². The number of methoxy groups -OCH3 is 1. The van der Waals surface area contributed by atoms with E-state index in [2.05, 4.69) is 15.3 Å². The van der Waals surface area contributed by atoms with Crippen molar-refractivity contribution < 1.29 is 22.3 Å². The average Bonchev–Trinajstić information content (AvgIpc) is 2.94. The normalized spacial score (nSPS) is 13.4. The fraction of sp³-hybridized carbons (Fsp3) is 0.148. The Kier molecular flexibility index (Phi) is 7.74. The molecular formula is C27H22ClFN4O4S2. The summed E-state index contributed by atoms with van der Waals surface area (Å²) >= 11 is 7.33. The summed E-state index contributed by atoms with van der Waals surface area (Å²) in [5, 5.41) is 3.45. The SMILES string of the molecule is COc1ccccc1CNC(=O)CSc1ncc2c(n1)-c1ccc(Cl)cc1N(Cc1ccc(F)cc1)S2(=O)=O. The summed E-state index contributed by atoms with van der Waals surface area (Å²) in [5.74, 6) is 0.0561. The van der Waals surface area contributed by atoms with Crippen LogP contribution >= 0.6 is 23.4 Å². The number of ether oxygens (including phenoxy) is 1. The Morgan fingerprint density at radius 3 is 2.67 bits per heavy atom. The number of anilines is 1. The van der Waals surface area contributed by atoms with Gasteiger partial charge < -0.3 is 10.1 Å². The molecule has 0 aliphatic carbocycles. The molecule has 39 heavy (non-hydrogen) atoms. The van der Waals surface area contributed by atoms with Crippen LogP contribution in [0.15, 0.2) is 83.0 Å². The van der Waals surface area contributed by atoms with E-state index in [0.29, 0.717) is 34.1 Å². The molecule has 1 aliphatic rings. The van der Waals surface area contributed by atoms with Gasteiger partial charge in [0.2, 0.25) is 5.91 Å². The maximum absolute atomic E-state index is 13.6. The van der Waals surface area contributed by atoms with Crippen molar-refractivity contribution in [1.82, 2.24) is 15.3 Å². The minimum Gasteiger partial charge on any atom is -0.496 e. The topological polar surface area (TPSA) is 101 Å². The zero-order valence-electron chi connectivity index (χ0n) is 20.6. The third-order valence-electron chi connectivity index (χ3n) is 6.03. The Balaban J connectivity index is 1.37. The van der Waals surface area contributed by atoms with Crippen LogP contribution in [0, 0.1) is 5.82 Å². The van der Waals surface area contributed by atoms with Crippen molar-refractivity contribution in [3.05, 3.63) is 94.9 Å². The Bertz CT molecular complexity index is 1650. The number of rotatable bonds is 8. The third-order valence-corrected chi connectivity index (χ3v) is 8.88. The van der Waals surface area contributed by atoms with Crippen LogP contribution < -0.4 is 14.4 Å². The molecule has 4 aromatic rings. The summed E-state index contributed by atoms with van der Waals surface area (Å²) in [5.41, 5.74) is 2.57. The highest BCUT2D eigenvalue weighted by Gasteiger charge is 2.37. The number of sulfonamides is 1. The van der Waals surface area contributed by atoms with E-state index in [1.54, 1.807) is 25.3 Å². The van der Waals surface area contributed by atoms with Gasteiger partial charge in [-0.25, -0.2) is 22.8 Å². The molecule has 8 nitrogen and oxygen atoms in total. The predicted molar refractivity (Wildman–Crippen MR) is 148 cm³/mol. The summed E-state index contributed by atoms with van der Waals surface area (Å²) in [7, 11) is -2.49. The van der Waals surface area contributed by atoms with Crippen molar-refractivity contribution >= 4 is 45.0 Å². The molecule has 5 rings (SSSR count). The highest BCUT2D eigenvalue weighted by atomic mass is 35.5. The molecular weight excluding hydrogens is 563 g/mol. The lowest BCUT2D eigenvalue weighted by Crippen LogP contribution is -2.34. The van der Waals surface area contributed by atoms with Crippen molar-refractivity contribution in [3.8, 4) is 17.0 Å². The first-order chi connectivity index (χ1) is 18.8. The summed E-state index contributed by atoms with van der Waals surface area (Å²) < 4.78 is 47.2. The molecule has 0 saturated heterocycles. The standard InChI is InChI=1S/C27H22ClFN4O4S2/c1-37-23-5-3-2-4-18(23)13-30-25(34)16-38-27-31-14-24-26(32-27)21-11-8-19(28)12-22(21)33(39(24,35)36)15-17-6-9-20(29)10-7-17/h2-12,14H,13,15-16H2,1H3,(H,30,34). The van der Waals surface area contributed by atoms with E-state index in [-0.39, 0.29) is 34.0 Å². The minimum atomic E-state index is -4.06. The number of nitrogens with one attached hydrogen (secondary N) is 1. The summed E-state index contributed by atoms with van der Waals surface area (Å²) in [6.07, 6.45) is 1.25. The number of hydrogen-bond donors (Lipinski definition) is 1. The van der Waals surface area contributed by atoms with Gasteiger partial charge in [0.15, 0.2) is 5.16 Å². The molecule has 3 aromatic carbocycles. The molecule has 0 atom stereocenters. The van der Waals surface area contributed by atoms with Crippen molar-refractivity contribution in [1.29, 1.82) is 0 Å². The van der Waals surface area contributed by atoms with E-state index in [9.17, 15) is 17.6 Å². The van der Waals surface area contributed by atoms with Gasteiger partial charge in [-0.3, -0.25) is 9.10 Å². The minimum absolute atomic E-state index is 0.0295. The molecule has 1 aromatic heterocycles. The second kappa shape index (κ2) is 11.2. The molecule has 2 heterocycles. The number of para-hydroxylation sites is 1. The van der Waals surface area contributed by atoms with Gasteiger partial charge >= 0.3 is 0 Å². The number of benzene rings is 3. The van der Waals surface area contributed by atoms with Gasteiger partial charge in [-0.05, 0) is 42.0 Å². The zero-order valence-corrected chi connectivity index (χ0v) is 23.0. The van der Waals surface area contributed by atoms with E-state index in [4.69, 9.17) is 16.3 Å². The van der Waals surface area contributed by atoms with Crippen molar-refractivity contribution in [2.45, 2.75) is 23.1 Å². The quantitative estimate of drug-likeness (QED) is 0.228. The number of hydrogen-bond acceptors (Lipinski definition) is 7. The predicted octanol–water partition coefficient (Wildman–Crippen LogP) is 5.06. The fourth-order valence-corrected chi connectivity index (χ4v) is 6.48. The Morgan fingerprint density at radius 2 is 1.90 bits per heavy atom.